The smallest absolute Gasteiger partial charge is 0.0444 e. The van der Waals surface area contributed by atoms with E-state index in [4.69, 9.17) is 5.73 Å². The monoisotopic (exact) mass is 242 g/mol. The summed E-state index contributed by atoms with van der Waals surface area (Å²) < 4.78 is 0. The molecule has 2 nitrogen and oxygen atoms in total. The summed E-state index contributed by atoms with van der Waals surface area (Å²) >= 11 is 0. The van der Waals surface area contributed by atoms with Gasteiger partial charge in [-0.1, -0.05) is 24.3 Å². The second-order valence-electron chi connectivity index (χ2n) is 4.86. The van der Waals surface area contributed by atoms with Crippen molar-refractivity contribution >= 4 is 0 Å². The van der Waals surface area contributed by atoms with E-state index in [1.807, 2.05) is 6.92 Å². The van der Waals surface area contributed by atoms with Gasteiger partial charge in [-0.15, -0.1) is 11.8 Å². The average molecular weight is 242 g/mol. The highest BCUT2D eigenvalue weighted by Gasteiger charge is 2.23. The molecule has 96 valence electrons. The Balaban J connectivity index is 1.96. The number of rotatable bonds is 6. The van der Waals surface area contributed by atoms with Gasteiger partial charge >= 0.3 is 0 Å². The Kier molecular flexibility index (Phi) is 4.81. The van der Waals surface area contributed by atoms with E-state index in [1.165, 1.54) is 24.0 Å². The lowest BCUT2D eigenvalue weighted by Gasteiger charge is -2.17. The van der Waals surface area contributed by atoms with Crippen LogP contribution >= 0.6 is 0 Å². The largest absolute Gasteiger partial charge is 0.329 e. The average Bonchev–Trinajstić information content (AvgIpc) is 3.23. The second-order valence-corrected chi connectivity index (χ2v) is 4.86. The van der Waals surface area contributed by atoms with Gasteiger partial charge in [0.1, 0.15) is 0 Å². The Morgan fingerprint density at radius 3 is 2.94 bits per heavy atom. The SMILES string of the molecule is CC#CCCNC(CN)c1cccc(C2CC2)c1. The number of benzene rings is 1. The molecule has 0 saturated heterocycles. The van der Waals surface area contributed by atoms with E-state index in [2.05, 4.69) is 41.4 Å². The first kappa shape index (κ1) is 13.1. The normalized spacial score (nSPS) is 15.9. The lowest BCUT2D eigenvalue weighted by Crippen LogP contribution is -2.28. The summed E-state index contributed by atoms with van der Waals surface area (Å²) in [6.45, 7) is 3.41. The summed E-state index contributed by atoms with van der Waals surface area (Å²) in [5.41, 5.74) is 8.65. The fourth-order valence-electron chi connectivity index (χ4n) is 2.22. The van der Waals surface area contributed by atoms with Crippen molar-refractivity contribution < 1.29 is 0 Å². The van der Waals surface area contributed by atoms with Crippen LogP contribution in [-0.4, -0.2) is 13.1 Å². The molecule has 0 amide bonds. The molecule has 2 rings (SSSR count). The third-order valence-electron chi connectivity index (χ3n) is 3.42. The minimum atomic E-state index is 0.252. The molecular formula is C16H22N2. The molecule has 1 aliphatic rings. The highest BCUT2D eigenvalue weighted by molar-refractivity contribution is 5.31. The topological polar surface area (TPSA) is 38.0 Å². The maximum atomic E-state index is 5.86. The van der Waals surface area contributed by atoms with Gasteiger partial charge in [0.2, 0.25) is 0 Å². The van der Waals surface area contributed by atoms with E-state index in [-0.39, 0.29) is 6.04 Å². The molecule has 1 saturated carbocycles. The Hall–Kier alpha value is -1.30. The van der Waals surface area contributed by atoms with E-state index >= 15 is 0 Å². The second kappa shape index (κ2) is 6.58. The van der Waals surface area contributed by atoms with E-state index in [1.54, 1.807) is 0 Å². The molecular weight excluding hydrogens is 220 g/mol. The van der Waals surface area contributed by atoms with Crippen LogP contribution in [0.3, 0.4) is 0 Å². The van der Waals surface area contributed by atoms with Gasteiger partial charge in [0.25, 0.3) is 0 Å². The van der Waals surface area contributed by atoms with Crippen molar-refractivity contribution in [1.29, 1.82) is 0 Å². The maximum Gasteiger partial charge on any atom is 0.0444 e. The molecule has 1 unspecified atom stereocenters. The lowest BCUT2D eigenvalue weighted by atomic mass is 10.0. The zero-order chi connectivity index (χ0) is 12.8. The van der Waals surface area contributed by atoms with E-state index in [0.29, 0.717) is 6.54 Å². The molecule has 1 aromatic rings. The summed E-state index contributed by atoms with van der Waals surface area (Å²) in [5, 5.41) is 3.48. The highest BCUT2D eigenvalue weighted by atomic mass is 14.9. The van der Waals surface area contributed by atoms with Gasteiger partial charge in [-0.05, 0) is 36.8 Å². The van der Waals surface area contributed by atoms with Crippen molar-refractivity contribution in [3.63, 3.8) is 0 Å². The van der Waals surface area contributed by atoms with Crippen LogP contribution in [0.25, 0.3) is 0 Å². The predicted octanol–water partition coefficient (Wildman–Crippen LogP) is 2.57. The third kappa shape index (κ3) is 3.60. The zero-order valence-corrected chi connectivity index (χ0v) is 11.1. The van der Waals surface area contributed by atoms with Crippen molar-refractivity contribution in [1.82, 2.24) is 5.32 Å². The first-order chi connectivity index (χ1) is 8.85. The molecule has 0 bridgehead atoms. The van der Waals surface area contributed by atoms with Crippen molar-refractivity contribution in [2.24, 2.45) is 5.73 Å². The molecule has 18 heavy (non-hydrogen) atoms. The van der Waals surface area contributed by atoms with Crippen LogP contribution in [0.1, 0.15) is 49.3 Å². The molecule has 1 aromatic carbocycles. The fourth-order valence-corrected chi connectivity index (χ4v) is 2.22. The molecule has 1 aliphatic carbocycles. The fraction of sp³-hybridized carbons (Fsp3) is 0.500. The molecule has 0 heterocycles. The standard InChI is InChI=1S/C16H22N2/c1-2-3-4-10-18-16(12-17)15-7-5-6-14(11-15)13-8-9-13/h5-7,11,13,16,18H,4,8-10,12,17H2,1H3. The van der Waals surface area contributed by atoms with Gasteiger partial charge in [-0.3, -0.25) is 0 Å². The summed E-state index contributed by atoms with van der Waals surface area (Å²) in [7, 11) is 0. The van der Waals surface area contributed by atoms with Crippen molar-refractivity contribution in [3.8, 4) is 11.8 Å². The first-order valence-electron chi connectivity index (χ1n) is 6.78. The maximum absolute atomic E-state index is 5.86. The highest BCUT2D eigenvalue weighted by Crippen LogP contribution is 2.40. The minimum Gasteiger partial charge on any atom is -0.329 e. The quantitative estimate of drug-likeness (QED) is 0.594. The van der Waals surface area contributed by atoms with E-state index in [9.17, 15) is 0 Å². The first-order valence-corrected chi connectivity index (χ1v) is 6.78. The van der Waals surface area contributed by atoms with Gasteiger partial charge in [-0.2, -0.15) is 0 Å². The number of hydrogen-bond acceptors (Lipinski definition) is 2. The number of hydrogen-bond donors (Lipinski definition) is 2. The van der Waals surface area contributed by atoms with Crippen LogP contribution in [0, 0.1) is 11.8 Å². The Labute approximate surface area is 110 Å². The molecule has 1 fully saturated rings. The van der Waals surface area contributed by atoms with Gasteiger partial charge in [0, 0.05) is 25.6 Å². The van der Waals surface area contributed by atoms with Crippen LogP contribution in [0.15, 0.2) is 24.3 Å². The molecule has 2 heteroatoms. The van der Waals surface area contributed by atoms with Crippen LogP contribution in [0.5, 0.6) is 0 Å². The summed E-state index contributed by atoms with van der Waals surface area (Å²) in [6.07, 6.45) is 3.57. The molecule has 0 aromatic heterocycles. The molecule has 0 aliphatic heterocycles. The van der Waals surface area contributed by atoms with E-state index in [0.717, 1.165) is 18.9 Å². The summed E-state index contributed by atoms with van der Waals surface area (Å²) in [6, 6.07) is 9.12. The number of nitrogens with one attached hydrogen (secondary N) is 1. The Morgan fingerprint density at radius 2 is 2.28 bits per heavy atom. The van der Waals surface area contributed by atoms with E-state index < -0.39 is 0 Å². The lowest BCUT2D eigenvalue weighted by molar-refractivity contribution is 0.550. The van der Waals surface area contributed by atoms with Crippen LogP contribution in [0.4, 0.5) is 0 Å². The summed E-state index contributed by atoms with van der Waals surface area (Å²) in [5.74, 6) is 6.78. The molecule has 0 spiro atoms. The summed E-state index contributed by atoms with van der Waals surface area (Å²) in [4.78, 5) is 0. The van der Waals surface area contributed by atoms with Gasteiger partial charge in [0.15, 0.2) is 0 Å². The van der Waals surface area contributed by atoms with Gasteiger partial charge in [0.05, 0.1) is 0 Å². The molecule has 1 atom stereocenters. The van der Waals surface area contributed by atoms with Crippen LogP contribution in [-0.2, 0) is 0 Å². The van der Waals surface area contributed by atoms with Gasteiger partial charge < -0.3 is 11.1 Å². The molecule has 0 radical (unpaired) electrons. The molecule has 3 N–H and O–H groups in total. The Bertz CT molecular complexity index is 438. The predicted molar refractivity (Wildman–Crippen MR) is 76.3 cm³/mol. The number of nitrogens with two attached hydrogens (primary N) is 1. The van der Waals surface area contributed by atoms with Crippen molar-refractivity contribution in [2.75, 3.05) is 13.1 Å². The van der Waals surface area contributed by atoms with Gasteiger partial charge in [-0.25, -0.2) is 0 Å². The minimum absolute atomic E-state index is 0.252. The third-order valence-corrected chi connectivity index (χ3v) is 3.42. The van der Waals surface area contributed by atoms with Crippen molar-refractivity contribution in [3.05, 3.63) is 35.4 Å². The van der Waals surface area contributed by atoms with Crippen LogP contribution < -0.4 is 11.1 Å². The van der Waals surface area contributed by atoms with Crippen LogP contribution in [0.2, 0.25) is 0 Å². The zero-order valence-electron chi connectivity index (χ0n) is 11.1. The van der Waals surface area contributed by atoms with Crippen molar-refractivity contribution in [2.45, 2.75) is 38.1 Å². The Morgan fingerprint density at radius 1 is 1.44 bits per heavy atom.